The molecule has 5 nitrogen and oxygen atoms in total. The van der Waals surface area contributed by atoms with Crippen LogP contribution in [0.15, 0.2) is 29.2 Å². The average Bonchev–Trinajstić information content (AvgIpc) is 2.55. The number of benzene rings is 1. The Morgan fingerprint density at radius 2 is 1.74 bits per heavy atom. The van der Waals surface area contributed by atoms with Gasteiger partial charge in [-0.1, -0.05) is 13.8 Å². The van der Waals surface area contributed by atoms with Crippen molar-refractivity contribution < 1.29 is 13.8 Å². The van der Waals surface area contributed by atoms with Gasteiger partial charge < -0.3 is 4.90 Å². The molecule has 23 heavy (non-hydrogen) atoms. The summed E-state index contributed by atoms with van der Waals surface area (Å²) < 4.78 is 14.6. The second kappa shape index (κ2) is 7.73. The first-order valence-corrected chi connectivity index (χ1v) is 9.11. The zero-order chi connectivity index (χ0) is 17.0. The second-order valence-corrected chi connectivity index (χ2v) is 7.47. The number of Topliss-reactive ketones (excluding diaryl/α,β-unsaturated/α-hetero) is 1. The van der Waals surface area contributed by atoms with E-state index in [1.807, 2.05) is 12.1 Å². The summed E-state index contributed by atoms with van der Waals surface area (Å²) in [7, 11) is -1.52. The number of nitrogens with zero attached hydrogens (tertiary/aromatic N) is 1. The maximum atomic E-state index is 12.1. The Balaban J connectivity index is 1.96. The quantitative estimate of drug-likeness (QED) is 0.896. The van der Waals surface area contributed by atoms with E-state index in [-0.39, 0.29) is 23.5 Å². The van der Waals surface area contributed by atoms with Crippen LogP contribution in [-0.2, 0) is 20.6 Å². The molecule has 1 aliphatic heterocycles. The minimum atomic E-state index is -1.52. The van der Waals surface area contributed by atoms with Gasteiger partial charge in [-0.25, -0.2) is 4.21 Å². The van der Waals surface area contributed by atoms with E-state index in [0.29, 0.717) is 4.90 Å². The molecule has 0 aromatic heterocycles. The molecule has 6 heteroatoms. The molecule has 1 aromatic carbocycles. The predicted octanol–water partition coefficient (Wildman–Crippen LogP) is 2.29. The number of ketones is 1. The standard InChI is InChI=1S/C17H24N2O3S/c1-12(2)17(21)18-23(22)16-6-4-15(5-7-16)19-10-8-14(9-11-19)13(3)20/h4-7,12,14H,8-11H2,1-3H3,(H,18,21). The van der Waals surface area contributed by atoms with Gasteiger partial charge in [-0.05, 0) is 44.0 Å². The van der Waals surface area contributed by atoms with E-state index in [1.165, 1.54) is 0 Å². The van der Waals surface area contributed by atoms with Crippen molar-refractivity contribution in [1.29, 1.82) is 0 Å². The van der Waals surface area contributed by atoms with Crippen LogP contribution in [0, 0.1) is 11.8 Å². The van der Waals surface area contributed by atoms with Gasteiger partial charge in [-0.2, -0.15) is 0 Å². The molecule has 1 heterocycles. The number of hydrogen-bond donors (Lipinski definition) is 1. The van der Waals surface area contributed by atoms with Crippen molar-refractivity contribution in [2.24, 2.45) is 11.8 Å². The van der Waals surface area contributed by atoms with Crippen molar-refractivity contribution in [3.8, 4) is 0 Å². The molecule has 0 saturated carbocycles. The fourth-order valence-corrected chi connectivity index (χ4v) is 3.51. The molecule has 0 bridgehead atoms. The van der Waals surface area contributed by atoms with Crippen molar-refractivity contribution in [1.82, 2.24) is 4.72 Å². The minimum Gasteiger partial charge on any atom is -0.371 e. The molecule has 1 saturated heterocycles. The number of anilines is 1. The highest BCUT2D eigenvalue weighted by Gasteiger charge is 2.22. The molecular weight excluding hydrogens is 312 g/mol. The second-order valence-electron chi connectivity index (χ2n) is 6.26. The van der Waals surface area contributed by atoms with Crippen molar-refractivity contribution in [2.75, 3.05) is 18.0 Å². The van der Waals surface area contributed by atoms with Gasteiger partial charge in [0.1, 0.15) is 5.78 Å². The van der Waals surface area contributed by atoms with Gasteiger partial charge in [-0.15, -0.1) is 0 Å². The van der Waals surface area contributed by atoms with Gasteiger partial charge in [0.05, 0.1) is 4.90 Å². The monoisotopic (exact) mass is 336 g/mol. The van der Waals surface area contributed by atoms with Gasteiger partial charge in [0, 0.05) is 30.6 Å². The summed E-state index contributed by atoms with van der Waals surface area (Å²) in [6, 6.07) is 7.40. The summed E-state index contributed by atoms with van der Waals surface area (Å²) in [4.78, 5) is 25.8. The SMILES string of the molecule is CC(=O)C1CCN(c2ccc(S(=O)NC(=O)C(C)C)cc2)CC1. The van der Waals surface area contributed by atoms with Crippen LogP contribution in [0.2, 0.25) is 0 Å². The van der Waals surface area contributed by atoms with Crippen LogP contribution in [0.5, 0.6) is 0 Å². The van der Waals surface area contributed by atoms with Gasteiger partial charge in [0.25, 0.3) is 0 Å². The molecule has 0 aliphatic carbocycles. The summed E-state index contributed by atoms with van der Waals surface area (Å²) in [5.74, 6) is 0.0417. The van der Waals surface area contributed by atoms with Crippen LogP contribution in [0.1, 0.15) is 33.6 Å². The Morgan fingerprint density at radius 3 is 2.22 bits per heavy atom. The number of piperidine rings is 1. The third kappa shape index (κ3) is 4.64. The van der Waals surface area contributed by atoms with Crippen LogP contribution < -0.4 is 9.62 Å². The molecule has 1 aliphatic rings. The van der Waals surface area contributed by atoms with Gasteiger partial charge in [0.2, 0.25) is 5.91 Å². The molecule has 1 atom stereocenters. The van der Waals surface area contributed by atoms with E-state index >= 15 is 0 Å². The Labute approximate surface area is 140 Å². The molecule has 0 spiro atoms. The Kier molecular flexibility index (Phi) is 5.93. The van der Waals surface area contributed by atoms with Gasteiger partial charge in [0.15, 0.2) is 11.0 Å². The van der Waals surface area contributed by atoms with Crippen molar-refractivity contribution in [3.05, 3.63) is 24.3 Å². The van der Waals surface area contributed by atoms with E-state index in [4.69, 9.17) is 0 Å². The Bertz CT molecular complexity index is 590. The lowest BCUT2D eigenvalue weighted by Gasteiger charge is -2.32. The first kappa shape index (κ1) is 17.7. The van der Waals surface area contributed by atoms with Crippen molar-refractivity contribution in [2.45, 2.75) is 38.5 Å². The topological polar surface area (TPSA) is 66.5 Å². The lowest BCUT2D eigenvalue weighted by molar-refractivity contribution is -0.122. The highest BCUT2D eigenvalue weighted by molar-refractivity contribution is 7.83. The lowest BCUT2D eigenvalue weighted by Crippen LogP contribution is -2.35. The fourth-order valence-electron chi connectivity index (χ4n) is 2.59. The maximum absolute atomic E-state index is 12.1. The minimum absolute atomic E-state index is 0.185. The summed E-state index contributed by atoms with van der Waals surface area (Å²) >= 11 is 0. The zero-order valence-corrected chi connectivity index (χ0v) is 14.7. The molecule has 1 fully saturated rings. The van der Waals surface area contributed by atoms with Crippen LogP contribution in [-0.4, -0.2) is 29.0 Å². The Hall–Kier alpha value is -1.69. The summed E-state index contributed by atoms with van der Waals surface area (Å²) in [6.07, 6.45) is 1.76. The predicted molar refractivity (Wildman–Crippen MR) is 91.4 cm³/mol. The van der Waals surface area contributed by atoms with E-state index in [1.54, 1.807) is 32.9 Å². The molecule has 1 N–H and O–H groups in total. The van der Waals surface area contributed by atoms with E-state index in [0.717, 1.165) is 31.6 Å². The van der Waals surface area contributed by atoms with Crippen molar-refractivity contribution in [3.63, 3.8) is 0 Å². The first-order valence-electron chi connectivity index (χ1n) is 7.96. The first-order chi connectivity index (χ1) is 10.9. The highest BCUT2D eigenvalue weighted by Crippen LogP contribution is 2.24. The van der Waals surface area contributed by atoms with Crippen LogP contribution in [0.3, 0.4) is 0 Å². The average molecular weight is 336 g/mol. The molecule has 0 radical (unpaired) electrons. The molecule has 2 rings (SSSR count). The normalized spacial score (nSPS) is 17.1. The van der Waals surface area contributed by atoms with E-state index < -0.39 is 11.0 Å². The summed E-state index contributed by atoms with van der Waals surface area (Å²) in [5, 5.41) is 0. The fraction of sp³-hybridized carbons (Fsp3) is 0.529. The van der Waals surface area contributed by atoms with Crippen LogP contribution in [0.4, 0.5) is 5.69 Å². The molecular formula is C17H24N2O3S. The molecule has 1 unspecified atom stereocenters. The van der Waals surface area contributed by atoms with Gasteiger partial charge in [-0.3, -0.25) is 14.3 Å². The molecule has 1 aromatic rings. The number of amides is 1. The lowest BCUT2D eigenvalue weighted by atomic mass is 9.93. The van der Waals surface area contributed by atoms with Crippen LogP contribution >= 0.6 is 0 Å². The maximum Gasteiger partial charge on any atom is 0.234 e. The zero-order valence-electron chi connectivity index (χ0n) is 13.9. The highest BCUT2D eigenvalue weighted by atomic mass is 32.2. The van der Waals surface area contributed by atoms with Crippen molar-refractivity contribution >= 4 is 28.4 Å². The Morgan fingerprint density at radius 1 is 1.17 bits per heavy atom. The number of hydrogen-bond acceptors (Lipinski definition) is 4. The van der Waals surface area contributed by atoms with E-state index in [2.05, 4.69) is 9.62 Å². The van der Waals surface area contributed by atoms with E-state index in [9.17, 15) is 13.8 Å². The third-order valence-electron chi connectivity index (χ3n) is 4.20. The van der Waals surface area contributed by atoms with Crippen LogP contribution in [0.25, 0.3) is 0 Å². The third-order valence-corrected chi connectivity index (χ3v) is 5.29. The summed E-state index contributed by atoms with van der Waals surface area (Å²) in [5.41, 5.74) is 1.06. The molecule has 1 amide bonds. The number of carbonyl (C=O) groups excluding carboxylic acids is 2. The smallest absolute Gasteiger partial charge is 0.234 e. The van der Waals surface area contributed by atoms with Gasteiger partial charge >= 0.3 is 0 Å². The number of rotatable bonds is 5. The number of nitrogens with one attached hydrogen (secondary N) is 1. The number of carbonyl (C=O) groups is 2. The summed E-state index contributed by atoms with van der Waals surface area (Å²) in [6.45, 7) is 6.91. The molecule has 126 valence electrons. The largest absolute Gasteiger partial charge is 0.371 e.